The lowest BCUT2D eigenvalue weighted by atomic mass is 10.1. The Morgan fingerprint density at radius 1 is 1.00 bits per heavy atom. The lowest BCUT2D eigenvalue weighted by molar-refractivity contribution is -0.123. The van der Waals surface area contributed by atoms with Crippen molar-refractivity contribution in [3.63, 3.8) is 0 Å². The number of imide groups is 1. The van der Waals surface area contributed by atoms with Gasteiger partial charge in [-0.05, 0) is 114 Å². The van der Waals surface area contributed by atoms with E-state index in [2.05, 4.69) is 0 Å². The van der Waals surface area contributed by atoms with Crippen LogP contribution >= 0.6 is 57.6 Å². The average molecular weight is 684 g/mol. The van der Waals surface area contributed by atoms with E-state index in [9.17, 15) is 14.4 Å². The molecule has 7 nitrogen and oxygen atoms in total. The summed E-state index contributed by atoms with van der Waals surface area (Å²) in [6.07, 6.45) is 1.61. The van der Waals surface area contributed by atoms with Crippen molar-refractivity contribution in [1.82, 2.24) is 4.90 Å². The van der Waals surface area contributed by atoms with E-state index in [1.807, 2.05) is 29.5 Å². The van der Waals surface area contributed by atoms with Crippen molar-refractivity contribution in [3.05, 3.63) is 90.3 Å². The molecule has 4 rings (SSSR count). The maximum Gasteiger partial charge on any atom is 0.343 e. The van der Waals surface area contributed by atoms with Crippen LogP contribution in [0.2, 0.25) is 10.0 Å². The van der Waals surface area contributed by atoms with Crippen LogP contribution in [0.5, 0.6) is 17.2 Å². The van der Waals surface area contributed by atoms with Crippen molar-refractivity contribution in [3.8, 4) is 17.2 Å². The van der Waals surface area contributed by atoms with E-state index < -0.39 is 11.9 Å². The fourth-order valence-electron chi connectivity index (χ4n) is 3.40. The summed E-state index contributed by atoms with van der Waals surface area (Å²) in [5.41, 5.74) is 0.956. The molecule has 0 bridgehead atoms. The molecular formula is C27H20Cl2INO6S. The second kappa shape index (κ2) is 12.9. The van der Waals surface area contributed by atoms with Gasteiger partial charge in [0.25, 0.3) is 11.1 Å². The van der Waals surface area contributed by atoms with Crippen LogP contribution in [0.1, 0.15) is 22.8 Å². The molecule has 1 aliphatic heterocycles. The number of nitrogens with zero attached hydrogens (tertiary/aromatic N) is 1. The second-order valence-electron chi connectivity index (χ2n) is 7.80. The average Bonchev–Trinajstić information content (AvgIpc) is 3.15. The summed E-state index contributed by atoms with van der Waals surface area (Å²) in [6.45, 7) is 2.38. The molecule has 0 unspecified atom stereocenters. The van der Waals surface area contributed by atoms with Gasteiger partial charge in [-0.3, -0.25) is 14.5 Å². The number of carbonyl (C=O) groups is 3. The van der Waals surface area contributed by atoms with E-state index in [4.69, 9.17) is 37.4 Å². The van der Waals surface area contributed by atoms with E-state index in [-0.39, 0.29) is 29.0 Å². The van der Waals surface area contributed by atoms with Crippen LogP contribution in [-0.2, 0) is 4.79 Å². The molecule has 196 valence electrons. The first-order valence-corrected chi connectivity index (χ1v) is 14.0. The van der Waals surface area contributed by atoms with Crippen molar-refractivity contribution >= 4 is 80.7 Å². The monoisotopic (exact) mass is 683 g/mol. The van der Waals surface area contributed by atoms with Crippen LogP contribution in [0.25, 0.3) is 6.08 Å². The predicted molar refractivity (Wildman–Crippen MR) is 156 cm³/mol. The number of esters is 1. The molecule has 1 heterocycles. The number of benzene rings is 3. The molecule has 0 atom stereocenters. The van der Waals surface area contributed by atoms with Crippen molar-refractivity contribution in [1.29, 1.82) is 0 Å². The zero-order valence-electron chi connectivity index (χ0n) is 19.9. The first-order valence-electron chi connectivity index (χ1n) is 11.3. The van der Waals surface area contributed by atoms with Gasteiger partial charge in [0.2, 0.25) is 0 Å². The van der Waals surface area contributed by atoms with Gasteiger partial charge in [-0.15, -0.1) is 0 Å². The summed E-state index contributed by atoms with van der Waals surface area (Å²) in [5.74, 6) is 0.216. The summed E-state index contributed by atoms with van der Waals surface area (Å²) < 4.78 is 17.6. The highest BCUT2D eigenvalue weighted by molar-refractivity contribution is 14.1. The Morgan fingerprint density at radius 2 is 1.66 bits per heavy atom. The van der Waals surface area contributed by atoms with Gasteiger partial charge in [0.1, 0.15) is 12.4 Å². The van der Waals surface area contributed by atoms with Gasteiger partial charge in [0.15, 0.2) is 11.5 Å². The van der Waals surface area contributed by atoms with Crippen molar-refractivity contribution in [2.24, 2.45) is 0 Å². The Kier molecular flexibility index (Phi) is 9.59. The maximum atomic E-state index is 12.9. The van der Waals surface area contributed by atoms with Gasteiger partial charge in [-0.2, -0.15) is 0 Å². The van der Waals surface area contributed by atoms with E-state index in [0.29, 0.717) is 42.8 Å². The zero-order chi connectivity index (χ0) is 27.2. The zero-order valence-corrected chi connectivity index (χ0v) is 24.4. The van der Waals surface area contributed by atoms with Gasteiger partial charge in [0, 0.05) is 10.0 Å². The van der Waals surface area contributed by atoms with Gasteiger partial charge >= 0.3 is 5.97 Å². The number of thioether (sulfide) groups is 1. The highest BCUT2D eigenvalue weighted by Crippen LogP contribution is 2.38. The number of hydrogen-bond donors (Lipinski definition) is 0. The number of carbonyl (C=O) groups excluding carboxylic acids is 3. The summed E-state index contributed by atoms with van der Waals surface area (Å²) in [7, 11) is 0. The minimum Gasteiger partial charge on any atom is -0.492 e. The summed E-state index contributed by atoms with van der Waals surface area (Å²) in [5, 5.41) is 0.714. The molecular weight excluding hydrogens is 664 g/mol. The first-order chi connectivity index (χ1) is 18.2. The van der Waals surface area contributed by atoms with E-state index in [1.54, 1.807) is 66.7 Å². The van der Waals surface area contributed by atoms with Crippen molar-refractivity contribution in [2.45, 2.75) is 6.92 Å². The topological polar surface area (TPSA) is 82.1 Å². The smallest absolute Gasteiger partial charge is 0.343 e. The van der Waals surface area contributed by atoms with Crippen LogP contribution in [0, 0.1) is 3.57 Å². The SMILES string of the molecule is CCOc1cc(/C=C2\SC(=O)N(CCOc3ccc(Cl)cc3)C2=O)cc(I)c1OC(=O)c1ccc(Cl)cc1. The summed E-state index contributed by atoms with van der Waals surface area (Å²) in [4.78, 5) is 39.5. The molecule has 11 heteroatoms. The number of halogens is 3. The second-order valence-corrected chi connectivity index (χ2v) is 10.8. The minimum atomic E-state index is -0.560. The Bertz CT molecular complexity index is 1400. The molecule has 1 saturated heterocycles. The lowest BCUT2D eigenvalue weighted by Crippen LogP contribution is -2.32. The highest BCUT2D eigenvalue weighted by Gasteiger charge is 2.35. The van der Waals surface area contributed by atoms with Crippen LogP contribution in [-0.4, -0.2) is 41.8 Å². The number of amides is 2. The largest absolute Gasteiger partial charge is 0.492 e. The van der Waals surface area contributed by atoms with Crippen LogP contribution in [0.3, 0.4) is 0 Å². The van der Waals surface area contributed by atoms with E-state index in [1.165, 1.54) is 0 Å². The molecule has 0 saturated carbocycles. The molecule has 3 aromatic carbocycles. The fourth-order valence-corrected chi connectivity index (χ4v) is 5.25. The molecule has 0 N–H and O–H groups in total. The molecule has 0 aliphatic carbocycles. The Labute approximate surface area is 247 Å². The van der Waals surface area contributed by atoms with Gasteiger partial charge in [0.05, 0.1) is 27.2 Å². The maximum absolute atomic E-state index is 12.9. The van der Waals surface area contributed by atoms with Crippen LogP contribution in [0.15, 0.2) is 65.6 Å². The Morgan fingerprint density at radius 3 is 2.32 bits per heavy atom. The third-order valence-electron chi connectivity index (χ3n) is 5.17. The van der Waals surface area contributed by atoms with E-state index >= 15 is 0 Å². The normalized spacial score (nSPS) is 14.2. The third-order valence-corrected chi connectivity index (χ3v) is 7.39. The van der Waals surface area contributed by atoms with Gasteiger partial charge in [-0.25, -0.2) is 4.79 Å². The number of hydrogen-bond acceptors (Lipinski definition) is 7. The first kappa shape index (κ1) is 28.3. The summed E-state index contributed by atoms with van der Waals surface area (Å²) >= 11 is 14.7. The van der Waals surface area contributed by atoms with E-state index in [0.717, 1.165) is 16.7 Å². The highest BCUT2D eigenvalue weighted by atomic mass is 127. The van der Waals surface area contributed by atoms with Gasteiger partial charge in [-0.1, -0.05) is 23.2 Å². The molecule has 0 radical (unpaired) electrons. The van der Waals surface area contributed by atoms with Crippen molar-refractivity contribution < 1.29 is 28.6 Å². The molecule has 0 spiro atoms. The Balaban J connectivity index is 1.48. The quantitative estimate of drug-likeness (QED) is 0.101. The summed E-state index contributed by atoms with van der Waals surface area (Å²) in [6, 6.07) is 16.6. The molecule has 1 fully saturated rings. The van der Waals surface area contributed by atoms with Crippen molar-refractivity contribution in [2.75, 3.05) is 19.8 Å². The fraction of sp³-hybridized carbons (Fsp3) is 0.148. The third kappa shape index (κ3) is 7.02. The Hall–Kier alpha value is -2.73. The molecule has 1 aliphatic rings. The lowest BCUT2D eigenvalue weighted by Gasteiger charge is -2.14. The van der Waals surface area contributed by atoms with Crippen LogP contribution in [0.4, 0.5) is 4.79 Å². The molecule has 3 aromatic rings. The predicted octanol–water partition coefficient (Wildman–Crippen LogP) is 7.33. The molecule has 0 aromatic heterocycles. The molecule has 2 amide bonds. The standard InChI is InChI=1S/C27H20Cl2INO6S/c1-2-35-22-14-16(13-21(30)24(22)37-26(33)17-3-5-18(28)6-4-17)15-23-25(32)31(27(34)38-23)11-12-36-20-9-7-19(29)8-10-20/h3-10,13-15H,2,11-12H2,1H3/b23-15-. The molecule has 38 heavy (non-hydrogen) atoms. The van der Waals surface area contributed by atoms with Gasteiger partial charge < -0.3 is 14.2 Å². The van der Waals surface area contributed by atoms with Crippen LogP contribution < -0.4 is 14.2 Å². The number of rotatable bonds is 9. The number of ether oxygens (including phenoxy) is 3. The minimum absolute atomic E-state index is 0.103.